The van der Waals surface area contributed by atoms with Crippen LogP contribution in [0.15, 0.2) is 34.8 Å². The third-order valence-corrected chi connectivity index (χ3v) is 4.14. The molecule has 0 spiro atoms. The minimum absolute atomic E-state index is 0.00567. The lowest BCUT2D eigenvalue weighted by atomic mass is 10.1. The zero-order valence-electron chi connectivity index (χ0n) is 15.5. The van der Waals surface area contributed by atoms with Gasteiger partial charge in [-0.05, 0) is 35.9 Å². The van der Waals surface area contributed by atoms with E-state index >= 15 is 0 Å². The number of rotatable bonds is 8. The van der Waals surface area contributed by atoms with E-state index in [9.17, 15) is 14.0 Å². The number of benzene rings is 2. The monoisotopic (exact) mass is 455 g/mol. The Balaban J connectivity index is 1.96. The van der Waals surface area contributed by atoms with E-state index in [-0.39, 0.29) is 12.1 Å². The van der Waals surface area contributed by atoms with Gasteiger partial charge in [-0.15, -0.1) is 0 Å². The number of carbonyl (C=O) groups excluding carboxylic acids is 2. The Morgan fingerprint density at radius 2 is 1.68 bits per heavy atom. The van der Waals surface area contributed by atoms with Gasteiger partial charge in [0.2, 0.25) is 5.75 Å². The molecule has 0 aliphatic heterocycles. The molecule has 0 atom stereocenters. The Morgan fingerprint density at radius 1 is 1.04 bits per heavy atom. The fourth-order valence-electron chi connectivity index (χ4n) is 2.38. The first-order valence-corrected chi connectivity index (χ1v) is 8.86. The van der Waals surface area contributed by atoms with Gasteiger partial charge in [0, 0.05) is 4.47 Å². The zero-order valence-corrected chi connectivity index (χ0v) is 17.1. The normalized spacial score (nSPS) is 10.2. The standard InChI is InChI=1S/C19H19BrFNO6/c1-25-15-6-11(7-16(26-2)19(15)27-3)8-18(24)28-10-17(23)22-14-5-4-12(20)9-13(14)21/h4-7,9H,8,10H2,1-3H3,(H,22,23). The summed E-state index contributed by atoms with van der Waals surface area (Å²) in [6, 6.07) is 7.41. The smallest absolute Gasteiger partial charge is 0.310 e. The van der Waals surface area contributed by atoms with Gasteiger partial charge in [0.1, 0.15) is 5.82 Å². The van der Waals surface area contributed by atoms with Gasteiger partial charge in [0.15, 0.2) is 18.1 Å². The molecule has 2 rings (SSSR count). The number of hydrogen-bond acceptors (Lipinski definition) is 6. The maximum Gasteiger partial charge on any atom is 0.310 e. The van der Waals surface area contributed by atoms with Gasteiger partial charge in [-0.2, -0.15) is 0 Å². The fourth-order valence-corrected chi connectivity index (χ4v) is 2.71. The topological polar surface area (TPSA) is 83.1 Å². The van der Waals surface area contributed by atoms with Gasteiger partial charge in [-0.3, -0.25) is 9.59 Å². The Labute approximate surface area is 169 Å². The van der Waals surface area contributed by atoms with Crippen molar-refractivity contribution in [2.75, 3.05) is 33.3 Å². The molecule has 2 aromatic carbocycles. The van der Waals surface area contributed by atoms with Crippen LogP contribution in [0.5, 0.6) is 17.2 Å². The SMILES string of the molecule is COc1cc(CC(=O)OCC(=O)Nc2ccc(Br)cc2F)cc(OC)c1OC. The molecule has 0 unspecified atom stereocenters. The molecular formula is C19H19BrFNO6. The summed E-state index contributed by atoms with van der Waals surface area (Å²) in [6.07, 6.45) is -0.114. The Kier molecular flexibility index (Phi) is 7.62. The second kappa shape index (κ2) is 9.93. The maximum atomic E-state index is 13.7. The van der Waals surface area contributed by atoms with E-state index < -0.39 is 24.3 Å². The molecule has 2 aromatic rings. The lowest BCUT2D eigenvalue weighted by Gasteiger charge is -2.14. The highest BCUT2D eigenvalue weighted by molar-refractivity contribution is 9.10. The number of ether oxygens (including phenoxy) is 4. The van der Waals surface area contributed by atoms with Crippen molar-refractivity contribution in [1.82, 2.24) is 0 Å². The van der Waals surface area contributed by atoms with Crippen molar-refractivity contribution in [2.24, 2.45) is 0 Å². The van der Waals surface area contributed by atoms with Gasteiger partial charge in [0.05, 0.1) is 33.4 Å². The third kappa shape index (κ3) is 5.59. The number of halogens is 2. The highest BCUT2D eigenvalue weighted by atomic mass is 79.9. The molecule has 150 valence electrons. The summed E-state index contributed by atoms with van der Waals surface area (Å²) in [6.45, 7) is -0.543. The lowest BCUT2D eigenvalue weighted by molar-refractivity contribution is -0.146. The van der Waals surface area contributed by atoms with E-state index in [0.717, 1.165) is 0 Å². The van der Waals surface area contributed by atoms with Crippen molar-refractivity contribution in [1.29, 1.82) is 0 Å². The molecule has 9 heteroatoms. The van der Waals surface area contributed by atoms with Crippen molar-refractivity contribution in [3.8, 4) is 17.2 Å². The lowest BCUT2D eigenvalue weighted by Crippen LogP contribution is -2.22. The van der Waals surface area contributed by atoms with Gasteiger partial charge in [-0.1, -0.05) is 15.9 Å². The number of amides is 1. The number of carbonyl (C=O) groups is 2. The van der Waals surface area contributed by atoms with Gasteiger partial charge >= 0.3 is 5.97 Å². The Hall–Kier alpha value is -2.81. The third-order valence-electron chi connectivity index (χ3n) is 3.64. The highest BCUT2D eigenvalue weighted by Crippen LogP contribution is 2.38. The molecule has 0 saturated heterocycles. The first-order valence-electron chi connectivity index (χ1n) is 8.07. The zero-order chi connectivity index (χ0) is 20.7. The Morgan fingerprint density at radius 3 is 2.21 bits per heavy atom. The second-order valence-electron chi connectivity index (χ2n) is 5.54. The summed E-state index contributed by atoms with van der Waals surface area (Å²) >= 11 is 3.13. The molecule has 0 aromatic heterocycles. The van der Waals surface area contributed by atoms with Crippen molar-refractivity contribution < 1.29 is 32.9 Å². The molecular weight excluding hydrogens is 437 g/mol. The van der Waals surface area contributed by atoms with Crippen LogP contribution in [0.4, 0.5) is 10.1 Å². The summed E-state index contributed by atoms with van der Waals surface area (Å²) in [5.74, 6) is -0.703. The van der Waals surface area contributed by atoms with Crippen molar-refractivity contribution in [3.63, 3.8) is 0 Å². The van der Waals surface area contributed by atoms with Gasteiger partial charge in [-0.25, -0.2) is 4.39 Å². The number of hydrogen-bond donors (Lipinski definition) is 1. The van der Waals surface area contributed by atoms with Crippen LogP contribution in [-0.4, -0.2) is 39.8 Å². The van der Waals surface area contributed by atoms with Crippen molar-refractivity contribution >= 4 is 33.5 Å². The number of nitrogens with one attached hydrogen (secondary N) is 1. The van der Waals surface area contributed by atoms with E-state index in [2.05, 4.69) is 21.2 Å². The predicted octanol–water partition coefficient (Wildman–Crippen LogP) is 3.34. The predicted molar refractivity (Wildman–Crippen MR) is 103 cm³/mol. The summed E-state index contributed by atoms with van der Waals surface area (Å²) in [4.78, 5) is 23.9. The Bertz CT molecular complexity index is 848. The number of methoxy groups -OCH3 is 3. The summed E-state index contributed by atoms with van der Waals surface area (Å²) < 4.78 is 34.9. The second-order valence-corrected chi connectivity index (χ2v) is 6.46. The van der Waals surface area contributed by atoms with Crippen LogP contribution >= 0.6 is 15.9 Å². The molecule has 0 saturated carbocycles. The average Bonchev–Trinajstić information content (AvgIpc) is 2.67. The van der Waals surface area contributed by atoms with Crippen molar-refractivity contribution in [2.45, 2.75) is 6.42 Å². The van der Waals surface area contributed by atoms with Crippen molar-refractivity contribution in [3.05, 3.63) is 46.2 Å². The molecule has 0 aliphatic carbocycles. The quantitative estimate of drug-likeness (QED) is 0.614. The molecule has 0 heterocycles. The maximum absolute atomic E-state index is 13.7. The van der Waals surface area contributed by atoms with Crippen LogP contribution in [0.25, 0.3) is 0 Å². The first kappa shape index (κ1) is 21.5. The largest absolute Gasteiger partial charge is 0.493 e. The van der Waals surface area contributed by atoms with Crippen LogP contribution in [0.3, 0.4) is 0 Å². The molecule has 0 bridgehead atoms. The number of esters is 1. The van der Waals surface area contributed by atoms with Crippen LogP contribution in [0, 0.1) is 5.82 Å². The van der Waals surface area contributed by atoms with Gasteiger partial charge in [0.25, 0.3) is 5.91 Å². The minimum Gasteiger partial charge on any atom is -0.493 e. The average molecular weight is 456 g/mol. The van der Waals surface area contributed by atoms with Gasteiger partial charge < -0.3 is 24.3 Å². The molecule has 28 heavy (non-hydrogen) atoms. The molecule has 0 aliphatic rings. The number of anilines is 1. The summed E-state index contributed by atoms with van der Waals surface area (Å²) in [7, 11) is 4.40. The molecule has 1 amide bonds. The fraction of sp³-hybridized carbons (Fsp3) is 0.263. The molecule has 1 N–H and O–H groups in total. The summed E-state index contributed by atoms with van der Waals surface area (Å²) in [5, 5.41) is 2.34. The van der Waals surface area contributed by atoms with E-state index in [1.165, 1.54) is 33.5 Å². The minimum atomic E-state index is -0.653. The molecule has 0 radical (unpaired) electrons. The molecule has 0 fully saturated rings. The highest BCUT2D eigenvalue weighted by Gasteiger charge is 2.16. The first-order chi connectivity index (χ1) is 13.4. The molecule has 7 nitrogen and oxygen atoms in total. The van der Waals surface area contributed by atoms with E-state index in [1.54, 1.807) is 18.2 Å². The van der Waals surface area contributed by atoms with Crippen LogP contribution in [0.1, 0.15) is 5.56 Å². The van der Waals surface area contributed by atoms with Crippen LogP contribution < -0.4 is 19.5 Å². The van der Waals surface area contributed by atoms with E-state index in [1.807, 2.05) is 0 Å². The summed E-state index contributed by atoms with van der Waals surface area (Å²) in [5.41, 5.74) is 0.549. The van der Waals surface area contributed by atoms with Crippen LogP contribution in [-0.2, 0) is 20.7 Å². The van der Waals surface area contributed by atoms with E-state index in [0.29, 0.717) is 27.3 Å². The van der Waals surface area contributed by atoms with Crippen LogP contribution in [0.2, 0.25) is 0 Å². The van der Waals surface area contributed by atoms with E-state index in [4.69, 9.17) is 18.9 Å².